The van der Waals surface area contributed by atoms with E-state index in [2.05, 4.69) is 5.32 Å². The molecule has 0 saturated carbocycles. The van der Waals surface area contributed by atoms with Gasteiger partial charge in [0.25, 0.3) is 10.0 Å². The van der Waals surface area contributed by atoms with Gasteiger partial charge in [-0.3, -0.25) is 4.79 Å². The maximum Gasteiger partial charge on any atom is 0.252 e. The fourth-order valence-corrected chi connectivity index (χ4v) is 4.07. The lowest BCUT2D eigenvalue weighted by Gasteiger charge is -2.16. The van der Waals surface area contributed by atoms with Crippen molar-refractivity contribution in [1.29, 1.82) is 0 Å². The Labute approximate surface area is 122 Å². The summed E-state index contributed by atoms with van der Waals surface area (Å²) in [4.78, 5) is 11.6. The zero-order chi connectivity index (χ0) is 14.6. The summed E-state index contributed by atoms with van der Waals surface area (Å²) in [5.41, 5.74) is 0. The maximum atomic E-state index is 12.1. The Morgan fingerprint density at radius 1 is 1.47 bits per heavy atom. The summed E-state index contributed by atoms with van der Waals surface area (Å²) < 4.78 is 25.8. The van der Waals surface area contributed by atoms with Crippen LogP contribution in [-0.4, -0.2) is 38.8 Å². The van der Waals surface area contributed by atoms with Crippen LogP contribution in [0.15, 0.2) is 16.3 Å². The van der Waals surface area contributed by atoms with Crippen LogP contribution in [0.1, 0.15) is 13.8 Å². The van der Waals surface area contributed by atoms with E-state index in [9.17, 15) is 13.2 Å². The van der Waals surface area contributed by atoms with Crippen LogP contribution in [-0.2, 0) is 14.8 Å². The third-order valence-electron chi connectivity index (χ3n) is 2.29. The van der Waals surface area contributed by atoms with Gasteiger partial charge >= 0.3 is 0 Å². The molecule has 19 heavy (non-hydrogen) atoms. The summed E-state index contributed by atoms with van der Waals surface area (Å²) in [6.45, 7) is 4.25. The monoisotopic (exact) mass is 324 g/mol. The molecule has 0 aromatic carbocycles. The Bertz CT molecular complexity index is 540. The van der Waals surface area contributed by atoms with E-state index in [0.29, 0.717) is 16.8 Å². The average Bonchev–Trinajstić information content (AvgIpc) is 2.73. The van der Waals surface area contributed by atoms with E-state index in [1.807, 2.05) is 13.8 Å². The largest absolute Gasteiger partial charge is 0.355 e. The molecule has 0 unspecified atom stereocenters. The average molecular weight is 325 g/mol. The minimum absolute atomic E-state index is 0.136. The number of hydrogen-bond donors (Lipinski definition) is 1. The van der Waals surface area contributed by atoms with Gasteiger partial charge in [-0.25, -0.2) is 8.42 Å². The van der Waals surface area contributed by atoms with Crippen molar-refractivity contribution in [3.63, 3.8) is 0 Å². The number of amides is 1. The van der Waals surface area contributed by atoms with Crippen LogP contribution in [0.25, 0.3) is 0 Å². The number of likely N-dealkylation sites (N-methyl/N-ethyl adjacent to an activating group) is 1. The molecule has 0 aliphatic carbocycles. The SMILES string of the molecule is CC(C)CNC(=O)CN(C)S(=O)(=O)c1ccc(Cl)s1. The van der Waals surface area contributed by atoms with Gasteiger partial charge in [0.05, 0.1) is 10.9 Å². The van der Waals surface area contributed by atoms with Gasteiger partial charge in [-0.15, -0.1) is 11.3 Å². The van der Waals surface area contributed by atoms with Crippen LogP contribution >= 0.6 is 22.9 Å². The van der Waals surface area contributed by atoms with Crippen molar-refractivity contribution in [2.24, 2.45) is 5.92 Å². The number of hydrogen-bond acceptors (Lipinski definition) is 4. The van der Waals surface area contributed by atoms with Crippen molar-refractivity contribution in [1.82, 2.24) is 9.62 Å². The number of carbonyl (C=O) groups excluding carboxylic acids is 1. The highest BCUT2D eigenvalue weighted by Crippen LogP contribution is 2.27. The quantitative estimate of drug-likeness (QED) is 0.867. The van der Waals surface area contributed by atoms with Crippen molar-refractivity contribution in [3.05, 3.63) is 16.5 Å². The second-order valence-electron chi connectivity index (χ2n) is 4.52. The molecule has 0 aliphatic rings. The van der Waals surface area contributed by atoms with Gasteiger partial charge in [0.1, 0.15) is 4.21 Å². The molecule has 0 aliphatic heterocycles. The first-order valence-electron chi connectivity index (χ1n) is 5.72. The summed E-state index contributed by atoms with van der Waals surface area (Å²) in [6.07, 6.45) is 0. The maximum absolute atomic E-state index is 12.1. The van der Waals surface area contributed by atoms with Crippen molar-refractivity contribution >= 4 is 38.9 Å². The predicted molar refractivity (Wildman–Crippen MR) is 77.0 cm³/mol. The molecule has 1 aromatic heterocycles. The smallest absolute Gasteiger partial charge is 0.252 e. The summed E-state index contributed by atoms with van der Waals surface area (Å²) in [5, 5.41) is 2.67. The summed E-state index contributed by atoms with van der Waals surface area (Å²) in [6, 6.07) is 2.95. The first-order chi connectivity index (χ1) is 8.73. The van der Waals surface area contributed by atoms with E-state index >= 15 is 0 Å². The van der Waals surface area contributed by atoms with Gasteiger partial charge in [-0.2, -0.15) is 4.31 Å². The Balaban J connectivity index is 2.67. The molecule has 1 heterocycles. The number of halogens is 1. The first-order valence-corrected chi connectivity index (χ1v) is 8.35. The minimum atomic E-state index is -3.65. The van der Waals surface area contributed by atoms with Crippen molar-refractivity contribution in [2.75, 3.05) is 20.1 Å². The highest BCUT2D eigenvalue weighted by molar-refractivity contribution is 7.91. The van der Waals surface area contributed by atoms with Gasteiger partial charge in [0, 0.05) is 13.6 Å². The standard InChI is InChI=1S/C11H17ClN2O3S2/c1-8(2)6-13-10(15)7-14(3)19(16,17)11-5-4-9(12)18-11/h4-5,8H,6-7H2,1-3H3,(H,13,15). The molecule has 0 saturated heterocycles. The van der Waals surface area contributed by atoms with Crippen LogP contribution in [0, 0.1) is 5.92 Å². The minimum Gasteiger partial charge on any atom is -0.355 e. The van der Waals surface area contributed by atoms with Crippen LogP contribution in [0.2, 0.25) is 4.34 Å². The molecular weight excluding hydrogens is 308 g/mol. The van der Waals surface area contributed by atoms with Crippen molar-refractivity contribution < 1.29 is 13.2 Å². The molecule has 0 fully saturated rings. The summed E-state index contributed by atoms with van der Waals surface area (Å²) in [5.74, 6) is 0.00407. The molecule has 1 rings (SSSR count). The number of nitrogens with zero attached hydrogens (tertiary/aromatic N) is 1. The molecule has 0 spiro atoms. The number of nitrogens with one attached hydrogen (secondary N) is 1. The summed E-state index contributed by atoms with van der Waals surface area (Å²) in [7, 11) is -2.27. The van der Waals surface area contributed by atoms with Gasteiger partial charge < -0.3 is 5.32 Å². The van der Waals surface area contributed by atoms with Crippen molar-refractivity contribution in [3.8, 4) is 0 Å². The van der Waals surface area contributed by atoms with Gasteiger partial charge in [0.2, 0.25) is 5.91 Å². The lowest BCUT2D eigenvalue weighted by Crippen LogP contribution is -2.39. The molecule has 0 radical (unpaired) electrons. The molecule has 5 nitrogen and oxygen atoms in total. The highest BCUT2D eigenvalue weighted by Gasteiger charge is 2.24. The molecule has 1 N–H and O–H groups in total. The molecule has 1 amide bonds. The fraction of sp³-hybridized carbons (Fsp3) is 0.545. The Hall–Kier alpha value is -0.630. The third-order valence-corrected chi connectivity index (χ3v) is 5.79. The van der Waals surface area contributed by atoms with E-state index in [-0.39, 0.29) is 16.7 Å². The zero-order valence-electron chi connectivity index (χ0n) is 11.0. The van der Waals surface area contributed by atoms with E-state index < -0.39 is 10.0 Å². The molecular formula is C11H17ClN2O3S2. The third kappa shape index (κ3) is 4.76. The predicted octanol–water partition coefficient (Wildman–Crippen LogP) is 1.79. The lowest BCUT2D eigenvalue weighted by molar-refractivity contribution is -0.121. The number of thiophene rings is 1. The molecule has 108 valence electrons. The van der Waals surface area contributed by atoms with Crippen LogP contribution in [0.4, 0.5) is 0 Å². The second kappa shape index (κ2) is 6.69. The molecule has 0 atom stereocenters. The van der Waals surface area contributed by atoms with Gasteiger partial charge in [-0.1, -0.05) is 25.4 Å². The number of rotatable bonds is 6. The normalized spacial score (nSPS) is 12.1. The summed E-state index contributed by atoms with van der Waals surface area (Å²) >= 11 is 6.69. The van der Waals surface area contributed by atoms with Crippen LogP contribution in [0.3, 0.4) is 0 Å². The highest BCUT2D eigenvalue weighted by atomic mass is 35.5. The first kappa shape index (κ1) is 16.4. The molecule has 0 bridgehead atoms. The topological polar surface area (TPSA) is 66.5 Å². The van der Waals surface area contributed by atoms with E-state index in [0.717, 1.165) is 15.6 Å². The van der Waals surface area contributed by atoms with E-state index in [1.54, 1.807) is 0 Å². The Morgan fingerprint density at radius 3 is 2.58 bits per heavy atom. The van der Waals surface area contributed by atoms with Gasteiger partial charge in [0.15, 0.2) is 0 Å². The van der Waals surface area contributed by atoms with Crippen molar-refractivity contribution in [2.45, 2.75) is 18.1 Å². The van der Waals surface area contributed by atoms with Crippen LogP contribution < -0.4 is 5.32 Å². The van der Waals surface area contributed by atoms with Crippen LogP contribution in [0.5, 0.6) is 0 Å². The Morgan fingerprint density at radius 2 is 2.11 bits per heavy atom. The number of carbonyl (C=O) groups is 1. The van der Waals surface area contributed by atoms with Gasteiger partial charge in [-0.05, 0) is 18.1 Å². The molecule has 1 aromatic rings. The van der Waals surface area contributed by atoms with E-state index in [1.165, 1.54) is 19.2 Å². The molecule has 8 heteroatoms. The Kier molecular flexibility index (Phi) is 5.79. The number of sulfonamides is 1. The second-order valence-corrected chi connectivity index (χ2v) is 8.50. The van der Waals surface area contributed by atoms with E-state index in [4.69, 9.17) is 11.6 Å². The zero-order valence-corrected chi connectivity index (χ0v) is 13.4. The lowest BCUT2D eigenvalue weighted by atomic mass is 10.2. The fourth-order valence-electron chi connectivity index (χ4n) is 1.25.